The number of hydrogen-bond donors (Lipinski definition) is 0. The van der Waals surface area contributed by atoms with Crippen LogP contribution in [0.4, 0.5) is 0 Å². The van der Waals surface area contributed by atoms with Crippen LogP contribution < -0.4 is 0 Å². The fourth-order valence-corrected chi connectivity index (χ4v) is 2.13. The zero-order valence-electron chi connectivity index (χ0n) is 11.3. The second-order valence-corrected chi connectivity index (χ2v) is 4.70. The normalized spacial score (nSPS) is 10.5. The molecule has 0 saturated carbocycles. The summed E-state index contributed by atoms with van der Waals surface area (Å²) >= 11 is 1.24. The highest BCUT2D eigenvalue weighted by Gasteiger charge is 2.14. The highest BCUT2D eigenvalue weighted by atomic mass is 32.1. The van der Waals surface area contributed by atoms with E-state index in [4.69, 9.17) is 9.47 Å². The monoisotopic (exact) mass is 286 g/mol. The van der Waals surface area contributed by atoms with Gasteiger partial charge < -0.3 is 9.47 Å². The summed E-state index contributed by atoms with van der Waals surface area (Å²) < 4.78 is 9.72. The van der Waals surface area contributed by atoms with Crippen molar-refractivity contribution in [2.75, 3.05) is 26.8 Å². The number of ether oxygens (including phenoxy) is 2. The molecule has 106 valence electrons. The predicted octanol–water partition coefficient (Wildman–Crippen LogP) is 1.31. The van der Waals surface area contributed by atoms with E-state index in [9.17, 15) is 9.59 Å². The summed E-state index contributed by atoms with van der Waals surface area (Å²) in [6.45, 7) is 4.89. The zero-order valence-corrected chi connectivity index (χ0v) is 12.2. The number of likely N-dealkylation sites (N-methyl/N-ethyl adjacent to an activating group) is 1. The van der Waals surface area contributed by atoms with Crippen LogP contribution in [0.1, 0.15) is 29.3 Å². The topological polar surface area (TPSA) is 68.7 Å². The van der Waals surface area contributed by atoms with Gasteiger partial charge in [-0.05, 0) is 20.9 Å². The number of rotatable bonds is 7. The van der Waals surface area contributed by atoms with E-state index in [2.05, 4.69) is 4.98 Å². The molecule has 0 unspecified atom stereocenters. The van der Waals surface area contributed by atoms with Crippen LogP contribution in [0, 0.1) is 0 Å². The highest BCUT2D eigenvalue weighted by molar-refractivity contribution is 7.11. The van der Waals surface area contributed by atoms with Crippen molar-refractivity contribution in [1.82, 2.24) is 9.88 Å². The van der Waals surface area contributed by atoms with Gasteiger partial charge in [-0.25, -0.2) is 9.78 Å². The molecule has 0 aliphatic carbocycles. The predicted molar refractivity (Wildman–Crippen MR) is 71.0 cm³/mol. The van der Waals surface area contributed by atoms with Crippen LogP contribution in [0.15, 0.2) is 5.38 Å². The van der Waals surface area contributed by atoms with Crippen LogP contribution in [-0.2, 0) is 20.8 Å². The van der Waals surface area contributed by atoms with Gasteiger partial charge in [0.25, 0.3) is 0 Å². The maximum atomic E-state index is 11.4. The number of carbonyl (C=O) groups excluding carboxylic acids is 2. The number of esters is 2. The van der Waals surface area contributed by atoms with Crippen molar-refractivity contribution < 1.29 is 19.1 Å². The van der Waals surface area contributed by atoms with E-state index >= 15 is 0 Å². The molecule has 0 atom stereocenters. The maximum absolute atomic E-state index is 11.4. The van der Waals surface area contributed by atoms with Gasteiger partial charge in [-0.1, -0.05) is 0 Å². The van der Waals surface area contributed by atoms with E-state index < -0.39 is 5.97 Å². The van der Waals surface area contributed by atoms with Crippen LogP contribution in [0.25, 0.3) is 0 Å². The molecule has 0 aliphatic rings. The van der Waals surface area contributed by atoms with E-state index in [1.807, 2.05) is 0 Å². The van der Waals surface area contributed by atoms with Gasteiger partial charge in [0.15, 0.2) is 0 Å². The molecule has 0 N–H and O–H groups in total. The van der Waals surface area contributed by atoms with E-state index in [1.165, 1.54) is 11.3 Å². The molecule has 0 spiro atoms. The second kappa shape index (κ2) is 7.85. The van der Waals surface area contributed by atoms with Gasteiger partial charge in [0.2, 0.25) is 5.01 Å². The fourth-order valence-electron chi connectivity index (χ4n) is 1.43. The van der Waals surface area contributed by atoms with Crippen LogP contribution >= 0.6 is 11.3 Å². The van der Waals surface area contributed by atoms with Crippen molar-refractivity contribution in [1.29, 1.82) is 0 Å². The van der Waals surface area contributed by atoms with Crippen LogP contribution in [0.5, 0.6) is 0 Å². The Morgan fingerprint density at radius 2 is 2.00 bits per heavy atom. The molecule has 1 heterocycles. The van der Waals surface area contributed by atoms with Crippen molar-refractivity contribution in [3.8, 4) is 0 Å². The van der Waals surface area contributed by atoms with Crippen molar-refractivity contribution in [2.24, 2.45) is 0 Å². The Kier molecular flexibility index (Phi) is 6.44. The largest absolute Gasteiger partial charge is 0.465 e. The van der Waals surface area contributed by atoms with Gasteiger partial charge in [-0.3, -0.25) is 9.69 Å². The lowest BCUT2D eigenvalue weighted by Gasteiger charge is -2.13. The number of thiazole rings is 1. The Balaban J connectivity index is 2.49. The highest BCUT2D eigenvalue weighted by Crippen LogP contribution is 2.12. The quantitative estimate of drug-likeness (QED) is 0.704. The first-order valence-electron chi connectivity index (χ1n) is 6.02. The molecular weight excluding hydrogens is 268 g/mol. The number of carbonyl (C=O) groups is 2. The molecule has 0 fully saturated rings. The standard InChI is InChI=1S/C12H18N2O4S/c1-4-17-10(15)7-14(3)6-9-8-19-11(13-9)12(16)18-5-2/h8H,4-7H2,1-3H3. The minimum absolute atomic E-state index is 0.195. The van der Waals surface area contributed by atoms with Gasteiger partial charge >= 0.3 is 11.9 Å². The molecule has 6 nitrogen and oxygen atoms in total. The number of hydrogen-bond acceptors (Lipinski definition) is 7. The summed E-state index contributed by atoms with van der Waals surface area (Å²) in [6.07, 6.45) is 0. The number of aromatic nitrogens is 1. The Labute approximate surface area is 116 Å². The third-order valence-electron chi connectivity index (χ3n) is 2.14. The van der Waals surface area contributed by atoms with E-state index in [-0.39, 0.29) is 12.5 Å². The Bertz CT molecular complexity index is 433. The Morgan fingerprint density at radius 3 is 2.63 bits per heavy atom. The fraction of sp³-hybridized carbons (Fsp3) is 0.583. The first-order chi connectivity index (χ1) is 9.06. The number of nitrogens with zero attached hydrogens (tertiary/aromatic N) is 2. The summed E-state index contributed by atoms with van der Waals surface area (Å²) in [5, 5.41) is 2.12. The van der Waals surface area contributed by atoms with Gasteiger partial charge in [-0.15, -0.1) is 11.3 Å². The molecule has 1 aromatic rings. The van der Waals surface area contributed by atoms with Crippen molar-refractivity contribution in [2.45, 2.75) is 20.4 Å². The molecule has 0 aliphatic heterocycles. The zero-order chi connectivity index (χ0) is 14.3. The van der Waals surface area contributed by atoms with Crippen molar-refractivity contribution in [3.63, 3.8) is 0 Å². The van der Waals surface area contributed by atoms with Crippen LogP contribution in [0.3, 0.4) is 0 Å². The molecule has 1 aromatic heterocycles. The lowest BCUT2D eigenvalue weighted by Crippen LogP contribution is -2.27. The average molecular weight is 286 g/mol. The third-order valence-corrected chi connectivity index (χ3v) is 3.01. The van der Waals surface area contributed by atoms with Crippen molar-refractivity contribution >= 4 is 23.3 Å². The Hall–Kier alpha value is -1.47. The van der Waals surface area contributed by atoms with Crippen molar-refractivity contribution in [3.05, 3.63) is 16.1 Å². The van der Waals surface area contributed by atoms with Crippen LogP contribution in [0.2, 0.25) is 0 Å². The first-order valence-corrected chi connectivity index (χ1v) is 6.90. The molecule has 1 rings (SSSR count). The van der Waals surface area contributed by atoms with Gasteiger partial charge in [0.1, 0.15) is 0 Å². The summed E-state index contributed by atoms with van der Waals surface area (Å²) in [4.78, 5) is 28.7. The summed E-state index contributed by atoms with van der Waals surface area (Å²) in [5.74, 6) is -0.683. The Morgan fingerprint density at radius 1 is 1.32 bits per heavy atom. The molecular formula is C12H18N2O4S. The summed E-state index contributed by atoms with van der Waals surface area (Å²) in [5.41, 5.74) is 0.736. The van der Waals surface area contributed by atoms with Gasteiger partial charge in [-0.2, -0.15) is 0 Å². The molecule has 0 bridgehead atoms. The minimum Gasteiger partial charge on any atom is -0.465 e. The van der Waals surface area contributed by atoms with Gasteiger partial charge in [0.05, 0.1) is 25.5 Å². The minimum atomic E-state index is -0.410. The van der Waals surface area contributed by atoms with Crippen LogP contribution in [-0.4, -0.2) is 48.6 Å². The lowest BCUT2D eigenvalue weighted by atomic mass is 10.4. The molecule has 0 aromatic carbocycles. The van der Waals surface area contributed by atoms with E-state index in [1.54, 1.807) is 31.2 Å². The molecule has 0 saturated heterocycles. The first kappa shape index (κ1) is 15.6. The molecule has 19 heavy (non-hydrogen) atoms. The molecule has 7 heteroatoms. The summed E-state index contributed by atoms with van der Waals surface area (Å²) in [6, 6.07) is 0. The SMILES string of the molecule is CCOC(=O)CN(C)Cc1csc(C(=O)OCC)n1. The second-order valence-electron chi connectivity index (χ2n) is 3.84. The molecule has 0 amide bonds. The lowest BCUT2D eigenvalue weighted by molar-refractivity contribution is -0.144. The maximum Gasteiger partial charge on any atom is 0.367 e. The third kappa shape index (κ3) is 5.35. The van der Waals surface area contributed by atoms with E-state index in [0.717, 1.165) is 5.69 Å². The van der Waals surface area contributed by atoms with E-state index in [0.29, 0.717) is 24.8 Å². The average Bonchev–Trinajstić information content (AvgIpc) is 2.77. The smallest absolute Gasteiger partial charge is 0.367 e. The molecule has 0 radical (unpaired) electrons. The van der Waals surface area contributed by atoms with Gasteiger partial charge in [0, 0.05) is 11.9 Å². The summed E-state index contributed by atoms with van der Waals surface area (Å²) in [7, 11) is 1.79.